The fourth-order valence-corrected chi connectivity index (χ4v) is 2.36. The van der Waals surface area contributed by atoms with Crippen LogP contribution in [-0.4, -0.2) is 63.2 Å². The van der Waals surface area contributed by atoms with Crippen LogP contribution in [0, 0.1) is 5.41 Å². The summed E-state index contributed by atoms with van der Waals surface area (Å²) in [6.45, 7) is 0. The van der Waals surface area contributed by atoms with Crippen molar-refractivity contribution in [1.29, 1.82) is 5.41 Å². The maximum absolute atomic E-state index is 12.1. The van der Waals surface area contributed by atoms with E-state index >= 15 is 0 Å². The first kappa shape index (κ1) is 30.1. The van der Waals surface area contributed by atoms with E-state index < -0.39 is 48.4 Å². The molecule has 0 bridgehead atoms. The highest BCUT2D eigenvalue weighted by molar-refractivity contribution is 5.95. The number of ether oxygens (including phenoxy) is 1. The standard InChI is InChI=1S/C19H19N3O8.C2HF3O2/c20-17(21)10-1-3-12(4-2-10)30-19(28)14-7-5-11(29-14)6-8-15(23)22-13(18(26)27)9-16(24)25;3-2(4,5)1(6)7/h1-5,7,13H,6,8-9H2,(H3,20,21)(H,22,23)(H,24,25)(H,26,27);(H,6,7)/t13-;/m0./s1. The summed E-state index contributed by atoms with van der Waals surface area (Å²) < 4.78 is 42.2. The lowest BCUT2D eigenvalue weighted by Gasteiger charge is -2.11. The van der Waals surface area contributed by atoms with E-state index in [-0.39, 0.29) is 35.9 Å². The van der Waals surface area contributed by atoms with Crippen molar-refractivity contribution < 1.29 is 61.6 Å². The van der Waals surface area contributed by atoms with Gasteiger partial charge in [-0.25, -0.2) is 14.4 Å². The molecule has 0 unspecified atom stereocenters. The fourth-order valence-electron chi connectivity index (χ4n) is 2.36. The zero-order valence-electron chi connectivity index (χ0n) is 18.6. The van der Waals surface area contributed by atoms with Crippen molar-refractivity contribution in [1.82, 2.24) is 5.32 Å². The molecule has 2 aromatic rings. The molecule has 0 saturated heterocycles. The normalized spacial score (nSPS) is 11.3. The number of carbonyl (C=O) groups is 5. The van der Waals surface area contributed by atoms with Crippen LogP contribution in [0.3, 0.4) is 0 Å². The number of carboxylic acids is 3. The van der Waals surface area contributed by atoms with E-state index in [1.54, 1.807) is 0 Å². The molecule has 0 aliphatic rings. The van der Waals surface area contributed by atoms with Crippen molar-refractivity contribution in [2.24, 2.45) is 5.73 Å². The summed E-state index contributed by atoms with van der Waals surface area (Å²) in [5, 5.41) is 34.1. The van der Waals surface area contributed by atoms with Gasteiger partial charge < -0.3 is 35.5 Å². The Kier molecular flexibility index (Phi) is 10.8. The minimum atomic E-state index is -5.08. The first-order chi connectivity index (χ1) is 17.1. The SMILES string of the molecule is N=C(N)c1ccc(OC(=O)c2ccc(CCC(=O)N[C@@H](CC(=O)O)C(=O)O)o2)cc1.O=C(O)C(F)(F)F. The number of rotatable bonds is 10. The van der Waals surface area contributed by atoms with Crippen LogP contribution >= 0.6 is 0 Å². The number of carbonyl (C=O) groups excluding carboxylic acids is 2. The number of amidine groups is 1. The molecule has 1 heterocycles. The lowest BCUT2D eigenvalue weighted by molar-refractivity contribution is -0.192. The molecule has 1 aromatic carbocycles. The molecule has 0 spiro atoms. The molecular formula is C21H20F3N3O10. The number of nitrogen functional groups attached to an aromatic ring is 1. The van der Waals surface area contributed by atoms with Crippen LogP contribution in [0.25, 0.3) is 0 Å². The zero-order chi connectivity index (χ0) is 28.3. The number of benzene rings is 1. The van der Waals surface area contributed by atoms with E-state index in [1.807, 2.05) is 0 Å². The number of aliphatic carboxylic acids is 3. The van der Waals surface area contributed by atoms with E-state index in [1.165, 1.54) is 36.4 Å². The summed E-state index contributed by atoms with van der Waals surface area (Å²) in [4.78, 5) is 54.5. The van der Waals surface area contributed by atoms with E-state index in [9.17, 15) is 32.3 Å². The third-order valence-corrected chi connectivity index (χ3v) is 4.09. The van der Waals surface area contributed by atoms with Crippen molar-refractivity contribution in [2.75, 3.05) is 0 Å². The molecule has 0 aliphatic heterocycles. The number of furan rings is 1. The van der Waals surface area contributed by atoms with Gasteiger partial charge in [-0.15, -0.1) is 0 Å². The van der Waals surface area contributed by atoms with Gasteiger partial charge in [0.05, 0.1) is 6.42 Å². The Morgan fingerprint density at radius 2 is 1.59 bits per heavy atom. The van der Waals surface area contributed by atoms with Gasteiger partial charge in [-0.1, -0.05) is 0 Å². The van der Waals surface area contributed by atoms with Gasteiger partial charge in [-0.2, -0.15) is 13.2 Å². The van der Waals surface area contributed by atoms with Gasteiger partial charge in [0.15, 0.2) is 0 Å². The molecule has 1 amide bonds. The van der Waals surface area contributed by atoms with E-state index in [0.717, 1.165) is 0 Å². The highest BCUT2D eigenvalue weighted by atomic mass is 19.4. The number of aryl methyl sites for hydroxylation is 1. The summed E-state index contributed by atoms with van der Waals surface area (Å²) in [5.41, 5.74) is 5.82. The van der Waals surface area contributed by atoms with Gasteiger partial charge in [0.2, 0.25) is 11.7 Å². The van der Waals surface area contributed by atoms with Crippen molar-refractivity contribution in [3.05, 3.63) is 53.5 Å². The van der Waals surface area contributed by atoms with Gasteiger partial charge in [-0.05, 0) is 36.4 Å². The summed E-state index contributed by atoms with van der Waals surface area (Å²) in [7, 11) is 0. The number of nitrogens with two attached hydrogens (primary N) is 1. The molecule has 13 nitrogen and oxygen atoms in total. The minimum absolute atomic E-state index is 0.0613. The lowest BCUT2D eigenvalue weighted by atomic mass is 10.2. The van der Waals surface area contributed by atoms with Crippen molar-refractivity contribution in [3.8, 4) is 5.75 Å². The second-order valence-electron chi connectivity index (χ2n) is 6.95. The molecule has 1 atom stereocenters. The van der Waals surface area contributed by atoms with E-state index in [4.69, 9.17) is 40.4 Å². The maximum atomic E-state index is 12.1. The molecule has 16 heteroatoms. The average Bonchev–Trinajstić information content (AvgIpc) is 3.26. The van der Waals surface area contributed by atoms with Gasteiger partial charge in [-0.3, -0.25) is 15.0 Å². The molecule has 7 N–H and O–H groups in total. The Morgan fingerprint density at radius 1 is 1.03 bits per heavy atom. The average molecular weight is 531 g/mol. The Balaban J connectivity index is 0.000000856. The molecule has 0 fully saturated rings. The molecule has 0 saturated carbocycles. The Hall–Kier alpha value is -4.89. The van der Waals surface area contributed by atoms with Crippen LogP contribution in [-0.2, 0) is 25.6 Å². The Morgan fingerprint density at radius 3 is 2.05 bits per heavy atom. The van der Waals surface area contributed by atoms with Crippen molar-refractivity contribution >= 4 is 35.6 Å². The predicted octanol–water partition coefficient (Wildman–Crippen LogP) is 1.39. The number of carboxylic acid groups (broad SMARTS) is 3. The Labute approximate surface area is 205 Å². The van der Waals surface area contributed by atoms with E-state index in [0.29, 0.717) is 5.56 Å². The second kappa shape index (κ2) is 13.3. The number of nitrogens with one attached hydrogen (secondary N) is 2. The predicted molar refractivity (Wildman–Crippen MR) is 115 cm³/mol. The third-order valence-electron chi connectivity index (χ3n) is 4.09. The van der Waals surface area contributed by atoms with Gasteiger partial charge in [0.25, 0.3) is 0 Å². The largest absolute Gasteiger partial charge is 0.490 e. The highest BCUT2D eigenvalue weighted by Crippen LogP contribution is 2.16. The summed E-state index contributed by atoms with van der Waals surface area (Å²) in [5.74, 6) is -6.72. The smallest absolute Gasteiger partial charge is 0.481 e. The van der Waals surface area contributed by atoms with Gasteiger partial charge in [0.1, 0.15) is 23.4 Å². The quantitative estimate of drug-likeness (QED) is 0.111. The number of amides is 1. The Bertz CT molecular complexity index is 1160. The third kappa shape index (κ3) is 10.9. The molecule has 200 valence electrons. The number of hydrogen-bond donors (Lipinski definition) is 6. The summed E-state index contributed by atoms with van der Waals surface area (Å²) >= 11 is 0. The fraction of sp³-hybridized carbons (Fsp3) is 0.238. The number of hydrogen-bond acceptors (Lipinski definition) is 8. The minimum Gasteiger partial charge on any atom is -0.481 e. The first-order valence-corrected chi connectivity index (χ1v) is 9.89. The number of esters is 1. The van der Waals surface area contributed by atoms with Crippen LogP contribution in [0.1, 0.15) is 34.7 Å². The van der Waals surface area contributed by atoms with Crippen LogP contribution in [0.5, 0.6) is 5.75 Å². The highest BCUT2D eigenvalue weighted by Gasteiger charge is 2.38. The molecule has 1 aromatic heterocycles. The first-order valence-electron chi connectivity index (χ1n) is 9.89. The van der Waals surface area contributed by atoms with Crippen molar-refractivity contribution in [2.45, 2.75) is 31.5 Å². The maximum Gasteiger partial charge on any atom is 0.490 e. The zero-order valence-corrected chi connectivity index (χ0v) is 18.6. The van der Waals surface area contributed by atoms with Gasteiger partial charge in [0, 0.05) is 18.4 Å². The second-order valence-corrected chi connectivity index (χ2v) is 6.95. The molecular weight excluding hydrogens is 511 g/mol. The van der Waals surface area contributed by atoms with Crippen LogP contribution < -0.4 is 15.8 Å². The van der Waals surface area contributed by atoms with Gasteiger partial charge >= 0.3 is 30.1 Å². The topological polar surface area (TPSA) is 230 Å². The molecule has 0 aliphatic carbocycles. The summed E-state index contributed by atoms with van der Waals surface area (Å²) in [6, 6.07) is 7.28. The number of alkyl halides is 3. The van der Waals surface area contributed by atoms with Crippen LogP contribution in [0.15, 0.2) is 40.8 Å². The molecule has 37 heavy (non-hydrogen) atoms. The monoisotopic (exact) mass is 531 g/mol. The lowest BCUT2D eigenvalue weighted by Crippen LogP contribution is -2.42. The molecule has 2 rings (SSSR count). The summed E-state index contributed by atoms with van der Waals surface area (Å²) in [6.07, 6.45) is -5.94. The number of halogens is 3. The van der Waals surface area contributed by atoms with Crippen LogP contribution in [0.2, 0.25) is 0 Å². The molecule has 0 radical (unpaired) electrons. The van der Waals surface area contributed by atoms with Crippen molar-refractivity contribution in [3.63, 3.8) is 0 Å². The van der Waals surface area contributed by atoms with Crippen LogP contribution in [0.4, 0.5) is 13.2 Å². The van der Waals surface area contributed by atoms with E-state index in [2.05, 4.69) is 5.32 Å².